The van der Waals surface area contributed by atoms with E-state index >= 15 is 0 Å². The number of halogens is 3. The molecule has 0 fully saturated rings. The Morgan fingerprint density at radius 2 is 1.94 bits per heavy atom. The largest absolute Gasteiger partial charge is 0.289 e. The van der Waals surface area contributed by atoms with Crippen molar-refractivity contribution in [2.75, 3.05) is 0 Å². The minimum Gasteiger partial charge on any atom is -0.289 e. The number of ketones is 1. The van der Waals surface area contributed by atoms with Gasteiger partial charge in [-0.05, 0) is 48.9 Å². The Kier molecular flexibility index (Phi) is 3.83. The molecule has 0 heterocycles. The average Bonchev–Trinajstić information content (AvgIpc) is 2.32. The zero-order chi connectivity index (χ0) is 13.3. The molecule has 18 heavy (non-hydrogen) atoms. The third-order valence-electron chi connectivity index (χ3n) is 2.60. The Morgan fingerprint density at radius 3 is 2.56 bits per heavy atom. The highest BCUT2D eigenvalue weighted by Gasteiger charge is 2.14. The van der Waals surface area contributed by atoms with Crippen molar-refractivity contribution in [2.45, 2.75) is 6.92 Å². The summed E-state index contributed by atoms with van der Waals surface area (Å²) >= 11 is 9.30. The van der Waals surface area contributed by atoms with E-state index in [1.54, 1.807) is 25.1 Å². The molecule has 0 unspecified atom stereocenters. The molecule has 0 N–H and O–H groups in total. The predicted molar refractivity (Wildman–Crippen MR) is 73.7 cm³/mol. The smallest absolute Gasteiger partial charge is 0.194 e. The minimum absolute atomic E-state index is 0.212. The second-order valence-corrected chi connectivity index (χ2v) is 5.24. The summed E-state index contributed by atoms with van der Waals surface area (Å²) in [6, 6.07) is 9.32. The molecule has 0 aliphatic carbocycles. The van der Waals surface area contributed by atoms with Gasteiger partial charge < -0.3 is 0 Å². The predicted octanol–water partition coefficient (Wildman–Crippen LogP) is 4.78. The van der Waals surface area contributed by atoms with Gasteiger partial charge in [0.25, 0.3) is 0 Å². The molecule has 0 saturated carbocycles. The van der Waals surface area contributed by atoms with Crippen LogP contribution in [0.5, 0.6) is 0 Å². The SMILES string of the molecule is Cc1cc(C(=O)c2ccc(Br)cc2Cl)ccc1F. The van der Waals surface area contributed by atoms with E-state index in [4.69, 9.17) is 11.6 Å². The van der Waals surface area contributed by atoms with Gasteiger partial charge in [-0.3, -0.25) is 4.79 Å². The van der Waals surface area contributed by atoms with Gasteiger partial charge in [0.2, 0.25) is 0 Å². The lowest BCUT2D eigenvalue weighted by Crippen LogP contribution is -2.03. The number of benzene rings is 2. The Hall–Kier alpha value is -1.19. The lowest BCUT2D eigenvalue weighted by molar-refractivity contribution is 0.103. The lowest BCUT2D eigenvalue weighted by atomic mass is 10.0. The summed E-state index contributed by atoms with van der Waals surface area (Å²) in [5.41, 5.74) is 1.28. The molecule has 0 aromatic heterocycles. The van der Waals surface area contributed by atoms with Crippen molar-refractivity contribution in [3.05, 3.63) is 68.4 Å². The van der Waals surface area contributed by atoms with Crippen molar-refractivity contribution < 1.29 is 9.18 Å². The molecule has 0 amide bonds. The molecule has 2 rings (SSSR count). The van der Waals surface area contributed by atoms with E-state index in [0.717, 1.165) is 4.47 Å². The van der Waals surface area contributed by atoms with Gasteiger partial charge in [-0.2, -0.15) is 0 Å². The van der Waals surface area contributed by atoms with Crippen molar-refractivity contribution in [1.82, 2.24) is 0 Å². The Labute approximate surface area is 118 Å². The average molecular weight is 328 g/mol. The molecule has 92 valence electrons. The van der Waals surface area contributed by atoms with E-state index in [2.05, 4.69) is 15.9 Å². The summed E-state index contributed by atoms with van der Waals surface area (Å²) in [4.78, 5) is 12.2. The van der Waals surface area contributed by atoms with E-state index in [-0.39, 0.29) is 11.6 Å². The van der Waals surface area contributed by atoms with Crippen LogP contribution in [0.4, 0.5) is 4.39 Å². The molecule has 0 radical (unpaired) electrons. The molecular formula is C14H9BrClFO. The molecule has 0 atom stereocenters. The van der Waals surface area contributed by atoms with Crippen LogP contribution in [0.3, 0.4) is 0 Å². The number of carbonyl (C=O) groups excluding carboxylic acids is 1. The molecule has 0 aliphatic heterocycles. The maximum absolute atomic E-state index is 13.2. The van der Waals surface area contributed by atoms with Crippen LogP contribution in [0.25, 0.3) is 0 Å². The van der Waals surface area contributed by atoms with Crippen LogP contribution in [0.2, 0.25) is 5.02 Å². The molecule has 4 heteroatoms. The van der Waals surface area contributed by atoms with Crippen LogP contribution >= 0.6 is 27.5 Å². The quantitative estimate of drug-likeness (QED) is 0.725. The fourth-order valence-electron chi connectivity index (χ4n) is 1.62. The minimum atomic E-state index is -0.326. The maximum Gasteiger partial charge on any atom is 0.194 e. The van der Waals surface area contributed by atoms with Crippen molar-refractivity contribution in [3.63, 3.8) is 0 Å². The van der Waals surface area contributed by atoms with Gasteiger partial charge in [0.05, 0.1) is 5.02 Å². The Bertz CT molecular complexity index is 625. The number of rotatable bonds is 2. The molecule has 0 saturated heterocycles. The fourth-order valence-corrected chi connectivity index (χ4v) is 2.37. The van der Waals surface area contributed by atoms with E-state index < -0.39 is 0 Å². The molecule has 0 aliphatic rings. The number of hydrogen-bond acceptors (Lipinski definition) is 1. The third-order valence-corrected chi connectivity index (χ3v) is 3.40. The van der Waals surface area contributed by atoms with Crippen LogP contribution in [-0.2, 0) is 0 Å². The summed E-state index contributed by atoms with van der Waals surface area (Å²) in [6.45, 7) is 1.62. The van der Waals surface area contributed by atoms with E-state index in [0.29, 0.717) is 21.7 Å². The lowest BCUT2D eigenvalue weighted by Gasteiger charge is -2.05. The molecular weight excluding hydrogens is 319 g/mol. The maximum atomic E-state index is 13.2. The van der Waals surface area contributed by atoms with Crippen LogP contribution in [-0.4, -0.2) is 5.78 Å². The van der Waals surface area contributed by atoms with Crippen molar-refractivity contribution in [1.29, 1.82) is 0 Å². The zero-order valence-corrected chi connectivity index (χ0v) is 11.8. The second kappa shape index (κ2) is 5.21. The summed E-state index contributed by atoms with van der Waals surface area (Å²) in [7, 11) is 0. The first-order chi connectivity index (χ1) is 8.49. The molecule has 1 nitrogen and oxygen atoms in total. The van der Waals surface area contributed by atoms with Crippen molar-refractivity contribution >= 4 is 33.3 Å². The van der Waals surface area contributed by atoms with Gasteiger partial charge in [0, 0.05) is 15.6 Å². The van der Waals surface area contributed by atoms with Crippen LogP contribution < -0.4 is 0 Å². The number of carbonyl (C=O) groups is 1. The molecule has 2 aromatic carbocycles. The highest BCUT2D eigenvalue weighted by atomic mass is 79.9. The monoisotopic (exact) mass is 326 g/mol. The Balaban J connectivity index is 2.44. The van der Waals surface area contributed by atoms with Gasteiger partial charge in [-0.25, -0.2) is 4.39 Å². The van der Waals surface area contributed by atoms with Gasteiger partial charge in [0.1, 0.15) is 5.82 Å². The first-order valence-corrected chi connectivity index (χ1v) is 6.42. The fraction of sp³-hybridized carbons (Fsp3) is 0.0714. The van der Waals surface area contributed by atoms with Gasteiger partial charge in [-0.1, -0.05) is 27.5 Å². The van der Waals surface area contributed by atoms with Gasteiger partial charge >= 0.3 is 0 Å². The van der Waals surface area contributed by atoms with Gasteiger partial charge in [-0.15, -0.1) is 0 Å². The topological polar surface area (TPSA) is 17.1 Å². The second-order valence-electron chi connectivity index (χ2n) is 3.92. The van der Waals surface area contributed by atoms with Crippen LogP contribution in [0.1, 0.15) is 21.5 Å². The summed E-state index contributed by atoms with van der Waals surface area (Å²) in [5.74, 6) is -0.538. The van der Waals surface area contributed by atoms with Crippen molar-refractivity contribution in [2.24, 2.45) is 0 Å². The molecule has 0 spiro atoms. The number of hydrogen-bond donors (Lipinski definition) is 0. The third kappa shape index (κ3) is 2.62. The molecule has 2 aromatic rings. The van der Waals surface area contributed by atoms with Gasteiger partial charge in [0.15, 0.2) is 5.78 Å². The first-order valence-electron chi connectivity index (χ1n) is 5.25. The van der Waals surface area contributed by atoms with Crippen LogP contribution in [0, 0.1) is 12.7 Å². The highest BCUT2D eigenvalue weighted by Crippen LogP contribution is 2.24. The summed E-state index contributed by atoms with van der Waals surface area (Å²) in [6.07, 6.45) is 0. The zero-order valence-electron chi connectivity index (χ0n) is 9.51. The van der Waals surface area contributed by atoms with E-state index in [9.17, 15) is 9.18 Å². The number of aryl methyl sites for hydroxylation is 1. The molecule has 0 bridgehead atoms. The summed E-state index contributed by atoms with van der Waals surface area (Å²) in [5, 5.41) is 0.372. The summed E-state index contributed by atoms with van der Waals surface area (Å²) < 4.78 is 14.0. The van der Waals surface area contributed by atoms with Crippen molar-refractivity contribution in [3.8, 4) is 0 Å². The van der Waals surface area contributed by atoms with E-state index in [1.807, 2.05) is 0 Å². The standard InChI is InChI=1S/C14H9BrClFO/c1-8-6-9(2-5-13(8)17)14(18)11-4-3-10(15)7-12(11)16/h2-7H,1H3. The normalized spacial score (nSPS) is 10.4. The first kappa shape index (κ1) is 13.2. The van der Waals surface area contributed by atoms with Crippen LogP contribution in [0.15, 0.2) is 40.9 Å². The Morgan fingerprint density at radius 1 is 1.22 bits per heavy atom. The van der Waals surface area contributed by atoms with E-state index in [1.165, 1.54) is 18.2 Å². The highest BCUT2D eigenvalue weighted by molar-refractivity contribution is 9.10.